The maximum Gasteiger partial charge on any atom is 0.252 e. The molecule has 1 unspecified atom stereocenters. The monoisotopic (exact) mass is 532 g/mol. The maximum atomic E-state index is 14.2. The molecule has 2 fully saturated rings. The Morgan fingerprint density at radius 1 is 1.17 bits per heavy atom. The summed E-state index contributed by atoms with van der Waals surface area (Å²) in [7, 11) is 0.230. The van der Waals surface area contributed by atoms with Gasteiger partial charge in [-0.15, -0.1) is 5.10 Å². The molecule has 1 amide bonds. The number of hydrogen-bond acceptors (Lipinski definition) is 5. The van der Waals surface area contributed by atoms with Gasteiger partial charge in [0, 0.05) is 58.2 Å². The molecule has 2 heterocycles. The molecule has 1 saturated carbocycles. The third-order valence-corrected chi connectivity index (χ3v) is 8.66. The molecule has 13 heteroatoms. The highest BCUT2D eigenvalue weighted by molar-refractivity contribution is 7.82. The molecule has 1 atom stereocenters. The lowest BCUT2D eigenvalue weighted by Crippen LogP contribution is -2.63. The fraction of sp³-hybridized carbons (Fsp3) is 0.591. The summed E-state index contributed by atoms with van der Waals surface area (Å²) in [6.07, 6.45) is 1.43. The molecule has 2 aromatic rings. The van der Waals surface area contributed by atoms with Crippen molar-refractivity contribution in [3.8, 4) is 0 Å². The van der Waals surface area contributed by atoms with Crippen molar-refractivity contribution >= 4 is 28.5 Å². The molecular weight excluding hydrogens is 505 g/mol. The molecule has 4 rings (SSSR count). The minimum Gasteiger partial charge on any atom is -0.350 e. The van der Waals surface area contributed by atoms with Crippen LogP contribution in [0.3, 0.4) is 0 Å². The van der Waals surface area contributed by atoms with Crippen LogP contribution in [0.15, 0.2) is 23.4 Å². The van der Waals surface area contributed by atoms with E-state index in [4.69, 9.17) is 11.6 Å². The first-order chi connectivity index (χ1) is 16.5. The number of benzene rings is 1. The fourth-order valence-corrected chi connectivity index (χ4v) is 6.12. The molecule has 1 aliphatic carbocycles. The number of carbonyl (C=O) groups excluding carboxylic acids is 1. The van der Waals surface area contributed by atoms with Crippen molar-refractivity contribution in [2.45, 2.75) is 49.1 Å². The standard InChI is InChI=1S/C22H28ClF3N6O2S/c1-15-3-4-16(18(23)19(15)24)20(33)27-14-21(5-7-22(25,26)8-6-21)31-9-11-32(12-10-31)35(34)17-13-30(2)29-28-17/h3-4,13H,5-12,14H2,1-2H3,(H,27,33). The Bertz CT molecular complexity index is 1110. The van der Waals surface area contributed by atoms with Gasteiger partial charge in [0.2, 0.25) is 5.92 Å². The van der Waals surface area contributed by atoms with E-state index in [9.17, 15) is 22.2 Å². The van der Waals surface area contributed by atoms with Crippen LogP contribution in [-0.2, 0) is 18.0 Å². The Morgan fingerprint density at radius 2 is 1.83 bits per heavy atom. The second-order valence-electron chi connectivity index (χ2n) is 9.22. The van der Waals surface area contributed by atoms with Gasteiger partial charge < -0.3 is 5.32 Å². The molecule has 1 saturated heterocycles. The van der Waals surface area contributed by atoms with Gasteiger partial charge >= 0.3 is 0 Å². The van der Waals surface area contributed by atoms with Gasteiger partial charge in [0.1, 0.15) is 16.8 Å². The van der Waals surface area contributed by atoms with Gasteiger partial charge in [-0.1, -0.05) is 22.9 Å². The summed E-state index contributed by atoms with van der Waals surface area (Å²) in [6, 6.07) is 2.93. The van der Waals surface area contributed by atoms with Crippen molar-refractivity contribution in [1.82, 2.24) is 29.5 Å². The topological polar surface area (TPSA) is 83.4 Å². The van der Waals surface area contributed by atoms with E-state index in [2.05, 4.69) is 20.5 Å². The predicted molar refractivity (Wildman–Crippen MR) is 125 cm³/mol. The van der Waals surface area contributed by atoms with Crippen LogP contribution in [-0.4, -0.2) is 78.5 Å². The molecule has 0 spiro atoms. The van der Waals surface area contributed by atoms with Crippen LogP contribution in [0.5, 0.6) is 0 Å². The van der Waals surface area contributed by atoms with Crippen molar-refractivity contribution in [1.29, 1.82) is 0 Å². The number of alkyl halides is 2. The van der Waals surface area contributed by atoms with Crippen LogP contribution in [0, 0.1) is 12.7 Å². The van der Waals surface area contributed by atoms with Crippen molar-refractivity contribution in [2.24, 2.45) is 7.05 Å². The molecule has 1 aromatic heterocycles. The van der Waals surface area contributed by atoms with Crippen LogP contribution < -0.4 is 5.32 Å². The number of aromatic nitrogens is 3. The number of amides is 1. The van der Waals surface area contributed by atoms with Crippen LogP contribution in [0.25, 0.3) is 0 Å². The lowest BCUT2D eigenvalue weighted by molar-refractivity contribution is -0.0855. The van der Waals surface area contributed by atoms with E-state index in [1.165, 1.54) is 16.8 Å². The van der Waals surface area contributed by atoms with E-state index in [-0.39, 0.29) is 42.8 Å². The highest BCUT2D eigenvalue weighted by atomic mass is 35.5. The lowest BCUT2D eigenvalue weighted by atomic mass is 9.78. The second kappa shape index (κ2) is 10.2. The third kappa shape index (κ3) is 5.55. The number of rotatable bonds is 6. The van der Waals surface area contributed by atoms with Gasteiger partial charge in [0.25, 0.3) is 5.91 Å². The van der Waals surface area contributed by atoms with Gasteiger partial charge in [-0.3, -0.25) is 14.4 Å². The van der Waals surface area contributed by atoms with Gasteiger partial charge in [-0.25, -0.2) is 21.7 Å². The van der Waals surface area contributed by atoms with Crippen molar-refractivity contribution in [2.75, 3.05) is 32.7 Å². The first kappa shape index (κ1) is 26.1. The quantitative estimate of drug-likeness (QED) is 0.618. The van der Waals surface area contributed by atoms with Gasteiger partial charge in [-0.05, 0) is 31.4 Å². The van der Waals surface area contributed by atoms with E-state index in [0.717, 1.165) is 0 Å². The van der Waals surface area contributed by atoms with Crippen molar-refractivity contribution in [3.63, 3.8) is 0 Å². The molecule has 35 heavy (non-hydrogen) atoms. The Kier molecular flexibility index (Phi) is 7.56. The highest BCUT2D eigenvalue weighted by Crippen LogP contribution is 2.42. The molecular formula is C22H28ClF3N6O2S. The Hall–Kier alpha value is -2.02. The number of aryl methyl sites for hydroxylation is 2. The number of hydrogen-bond donors (Lipinski definition) is 1. The number of halogens is 4. The molecule has 2 aliphatic rings. The number of piperazine rings is 1. The number of nitrogens with one attached hydrogen (secondary N) is 1. The van der Waals surface area contributed by atoms with Crippen molar-refractivity contribution < 1.29 is 22.2 Å². The zero-order chi connectivity index (χ0) is 25.4. The number of nitrogens with zero attached hydrogens (tertiary/aromatic N) is 5. The Balaban J connectivity index is 1.46. The summed E-state index contributed by atoms with van der Waals surface area (Å²) >= 11 is 6.04. The predicted octanol–water partition coefficient (Wildman–Crippen LogP) is 2.93. The summed E-state index contributed by atoms with van der Waals surface area (Å²) in [6.45, 7) is 3.56. The Morgan fingerprint density at radius 3 is 2.43 bits per heavy atom. The van der Waals surface area contributed by atoms with Crippen LogP contribution >= 0.6 is 11.6 Å². The van der Waals surface area contributed by atoms with E-state index in [0.29, 0.717) is 36.8 Å². The fourth-order valence-electron chi connectivity index (χ4n) is 4.71. The van der Waals surface area contributed by atoms with Gasteiger partial charge in [-0.2, -0.15) is 0 Å². The molecule has 1 N–H and O–H groups in total. The molecule has 0 radical (unpaired) electrons. The van der Waals surface area contributed by atoms with E-state index in [1.54, 1.807) is 24.5 Å². The minimum absolute atomic E-state index is 0.00948. The normalized spacial score (nSPS) is 21.5. The molecule has 0 bridgehead atoms. The third-order valence-electron chi connectivity index (χ3n) is 6.91. The SMILES string of the molecule is Cc1ccc(C(=O)NCC2(N3CCN(S(=O)c4cn(C)nn4)CC3)CCC(F)(F)CC2)c(Cl)c1F. The largest absolute Gasteiger partial charge is 0.350 e. The van der Waals surface area contributed by atoms with E-state index in [1.807, 2.05) is 0 Å². The first-order valence-electron chi connectivity index (χ1n) is 11.4. The molecule has 1 aromatic carbocycles. The van der Waals surface area contributed by atoms with E-state index < -0.39 is 34.2 Å². The summed E-state index contributed by atoms with van der Waals surface area (Å²) in [5.41, 5.74) is -0.350. The average Bonchev–Trinajstić information content (AvgIpc) is 3.28. The van der Waals surface area contributed by atoms with Gasteiger partial charge in [0.15, 0.2) is 5.03 Å². The van der Waals surface area contributed by atoms with E-state index >= 15 is 0 Å². The minimum atomic E-state index is -2.74. The van der Waals surface area contributed by atoms with Crippen LogP contribution in [0.2, 0.25) is 5.02 Å². The lowest BCUT2D eigenvalue weighted by Gasteiger charge is -2.50. The summed E-state index contributed by atoms with van der Waals surface area (Å²) in [4.78, 5) is 14.9. The smallest absolute Gasteiger partial charge is 0.252 e. The first-order valence-corrected chi connectivity index (χ1v) is 12.9. The molecule has 192 valence electrons. The second-order valence-corrected chi connectivity index (χ2v) is 11.0. The maximum absolute atomic E-state index is 14.2. The highest BCUT2D eigenvalue weighted by Gasteiger charge is 2.47. The summed E-state index contributed by atoms with van der Waals surface area (Å²) in [5, 5.41) is 10.7. The zero-order valence-electron chi connectivity index (χ0n) is 19.6. The zero-order valence-corrected chi connectivity index (χ0v) is 21.1. The van der Waals surface area contributed by atoms with Crippen LogP contribution in [0.1, 0.15) is 41.6 Å². The van der Waals surface area contributed by atoms with Crippen molar-refractivity contribution in [3.05, 3.63) is 40.3 Å². The average molecular weight is 533 g/mol. The Labute approximate surface area is 209 Å². The van der Waals surface area contributed by atoms with Gasteiger partial charge in [0.05, 0.1) is 16.8 Å². The number of carbonyl (C=O) groups is 1. The van der Waals surface area contributed by atoms with Crippen LogP contribution in [0.4, 0.5) is 13.2 Å². The summed E-state index contributed by atoms with van der Waals surface area (Å²) < 4.78 is 58.3. The molecule has 8 nitrogen and oxygen atoms in total. The molecule has 1 aliphatic heterocycles. The summed E-state index contributed by atoms with van der Waals surface area (Å²) in [5.74, 6) is -3.95.